The maximum atomic E-state index is 8.80. The second kappa shape index (κ2) is 5.14. The van der Waals surface area contributed by atoms with Crippen LogP contribution < -0.4 is 5.32 Å². The third-order valence-corrected chi connectivity index (χ3v) is 2.69. The highest BCUT2D eigenvalue weighted by atomic mass is 16.2. The molecule has 0 radical (unpaired) electrons. The van der Waals surface area contributed by atoms with Crippen LogP contribution in [0.1, 0.15) is 25.5 Å². The fourth-order valence-corrected chi connectivity index (χ4v) is 1.86. The van der Waals surface area contributed by atoms with Crippen LogP contribution in [0.25, 0.3) is 5.52 Å². The van der Waals surface area contributed by atoms with Crippen molar-refractivity contribution in [1.29, 1.82) is 0 Å². The summed E-state index contributed by atoms with van der Waals surface area (Å²) in [6.45, 7) is 4.28. The second-order valence-corrected chi connectivity index (χ2v) is 4.30. The van der Waals surface area contributed by atoms with E-state index in [1.54, 1.807) is 6.20 Å². The second-order valence-electron chi connectivity index (χ2n) is 4.30. The Morgan fingerprint density at radius 1 is 1.53 bits per heavy atom. The average molecular weight is 234 g/mol. The predicted molar refractivity (Wildman–Crippen MR) is 67.1 cm³/mol. The number of aromatic nitrogens is 3. The molecular formula is C12H18N4O. The van der Waals surface area contributed by atoms with E-state index in [1.165, 1.54) is 0 Å². The number of nitrogens with one attached hydrogen (secondary N) is 1. The first kappa shape index (κ1) is 11.9. The van der Waals surface area contributed by atoms with E-state index in [9.17, 15) is 0 Å². The Kier molecular flexibility index (Phi) is 3.58. The molecule has 0 aliphatic rings. The Labute approximate surface area is 100 Å². The van der Waals surface area contributed by atoms with Gasteiger partial charge in [-0.15, -0.1) is 0 Å². The Hall–Kier alpha value is -1.62. The molecule has 2 aromatic rings. The van der Waals surface area contributed by atoms with Crippen molar-refractivity contribution in [3.8, 4) is 0 Å². The number of aliphatic hydroxyl groups excluding tert-OH is 1. The standard InChI is InChI=1S/C12H18N4O/c1-9(4-3-7-17)14-12-11-8-10(2)15-16(11)6-5-13-12/h5-6,8-9,17H,3-4,7H2,1-2H3,(H,13,14). The van der Waals surface area contributed by atoms with Gasteiger partial charge in [-0.25, -0.2) is 9.50 Å². The van der Waals surface area contributed by atoms with Crippen molar-refractivity contribution in [2.24, 2.45) is 0 Å². The highest BCUT2D eigenvalue weighted by molar-refractivity contribution is 5.67. The summed E-state index contributed by atoms with van der Waals surface area (Å²) in [6, 6.07) is 2.30. The normalized spacial score (nSPS) is 12.9. The van der Waals surface area contributed by atoms with E-state index < -0.39 is 0 Å². The molecule has 0 amide bonds. The maximum Gasteiger partial charge on any atom is 0.152 e. The molecule has 5 heteroatoms. The number of aryl methyl sites for hydroxylation is 1. The monoisotopic (exact) mass is 234 g/mol. The minimum atomic E-state index is 0.232. The summed E-state index contributed by atoms with van der Waals surface area (Å²) in [6.07, 6.45) is 5.30. The van der Waals surface area contributed by atoms with Gasteiger partial charge in [0.25, 0.3) is 0 Å². The molecule has 2 N–H and O–H groups in total. The van der Waals surface area contributed by atoms with E-state index in [4.69, 9.17) is 5.11 Å². The van der Waals surface area contributed by atoms with Gasteiger partial charge in [-0.2, -0.15) is 5.10 Å². The molecule has 2 rings (SSSR count). The van der Waals surface area contributed by atoms with Gasteiger partial charge in [-0.3, -0.25) is 0 Å². The molecule has 92 valence electrons. The first-order valence-corrected chi connectivity index (χ1v) is 5.89. The van der Waals surface area contributed by atoms with Gasteiger partial charge >= 0.3 is 0 Å². The van der Waals surface area contributed by atoms with Gasteiger partial charge in [0.1, 0.15) is 5.52 Å². The van der Waals surface area contributed by atoms with E-state index in [2.05, 4.69) is 22.3 Å². The molecular weight excluding hydrogens is 216 g/mol. The van der Waals surface area contributed by atoms with Gasteiger partial charge in [0.2, 0.25) is 0 Å². The summed E-state index contributed by atoms with van der Waals surface area (Å²) in [5, 5.41) is 16.5. The molecule has 0 aliphatic carbocycles. The molecule has 2 aromatic heterocycles. The largest absolute Gasteiger partial charge is 0.396 e. The van der Waals surface area contributed by atoms with Gasteiger partial charge in [0.05, 0.1) is 5.69 Å². The Morgan fingerprint density at radius 2 is 2.35 bits per heavy atom. The third kappa shape index (κ3) is 2.74. The third-order valence-electron chi connectivity index (χ3n) is 2.69. The summed E-state index contributed by atoms with van der Waals surface area (Å²) < 4.78 is 1.82. The summed E-state index contributed by atoms with van der Waals surface area (Å²) in [7, 11) is 0. The van der Waals surface area contributed by atoms with Crippen LogP contribution in [0.2, 0.25) is 0 Å². The zero-order valence-electron chi connectivity index (χ0n) is 10.2. The summed E-state index contributed by atoms with van der Waals surface area (Å²) >= 11 is 0. The molecule has 1 unspecified atom stereocenters. The molecule has 5 nitrogen and oxygen atoms in total. The van der Waals surface area contributed by atoms with Crippen molar-refractivity contribution >= 4 is 11.3 Å². The van der Waals surface area contributed by atoms with Crippen LogP contribution in [0.3, 0.4) is 0 Å². The van der Waals surface area contributed by atoms with E-state index in [1.807, 2.05) is 23.7 Å². The molecule has 1 atom stereocenters. The molecule has 2 heterocycles. The minimum Gasteiger partial charge on any atom is -0.396 e. The van der Waals surface area contributed by atoms with Crippen molar-refractivity contribution in [2.45, 2.75) is 32.7 Å². The van der Waals surface area contributed by atoms with Crippen LogP contribution in [0, 0.1) is 6.92 Å². The molecule has 0 aliphatic heterocycles. The minimum absolute atomic E-state index is 0.232. The predicted octanol–water partition coefficient (Wildman–Crippen LogP) is 1.61. The van der Waals surface area contributed by atoms with Crippen LogP contribution in [0.4, 0.5) is 5.82 Å². The van der Waals surface area contributed by atoms with Crippen LogP contribution in [0.5, 0.6) is 0 Å². The smallest absolute Gasteiger partial charge is 0.152 e. The Morgan fingerprint density at radius 3 is 3.12 bits per heavy atom. The summed E-state index contributed by atoms with van der Waals surface area (Å²) in [5.41, 5.74) is 1.96. The van der Waals surface area contributed by atoms with Gasteiger partial charge in [-0.05, 0) is 32.8 Å². The molecule has 0 bridgehead atoms. The number of rotatable bonds is 5. The summed E-state index contributed by atoms with van der Waals surface area (Å²) in [5.74, 6) is 0.846. The van der Waals surface area contributed by atoms with Gasteiger partial charge in [0.15, 0.2) is 5.82 Å². The van der Waals surface area contributed by atoms with E-state index in [0.29, 0.717) is 0 Å². The van der Waals surface area contributed by atoms with Crippen LogP contribution in [-0.4, -0.2) is 32.4 Å². The summed E-state index contributed by atoms with van der Waals surface area (Å²) in [4.78, 5) is 4.33. The molecule has 0 aromatic carbocycles. The quantitative estimate of drug-likeness (QED) is 0.825. The topological polar surface area (TPSA) is 62.5 Å². The van der Waals surface area contributed by atoms with Gasteiger partial charge in [0, 0.05) is 25.0 Å². The van der Waals surface area contributed by atoms with E-state index in [0.717, 1.165) is 29.9 Å². The number of nitrogens with zero attached hydrogens (tertiary/aromatic N) is 3. The Balaban J connectivity index is 2.17. The zero-order valence-corrected chi connectivity index (χ0v) is 10.2. The lowest BCUT2D eigenvalue weighted by Gasteiger charge is -2.14. The fourth-order valence-electron chi connectivity index (χ4n) is 1.86. The highest BCUT2D eigenvalue weighted by Crippen LogP contribution is 2.16. The first-order chi connectivity index (χ1) is 8.20. The van der Waals surface area contributed by atoms with Crippen molar-refractivity contribution < 1.29 is 5.11 Å². The average Bonchev–Trinajstić information content (AvgIpc) is 2.68. The van der Waals surface area contributed by atoms with Gasteiger partial charge in [-0.1, -0.05) is 0 Å². The molecule has 0 saturated heterocycles. The fraction of sp³-hybridized carbons (Fsp3) is 0.500. The Bertz CT molecular complexity index is 494. The lowest BCUT2D eigenvalue weighted by atomic mass is 10.2. The van der Waals surface area contributed by atoms with Crippen molar-refractivity contribution in [1.82, 2.24) is 14.6 Å². The molecule has 17 heavy (non-hydrogen) atoms. The number of hydrogen-bond acceptors (Lipinski definition) is 4. The van der Waals surface area contributed by atoms with Crippen LogP contribution in [-0.2, 0) is 0 Å². The van der Waals surface area contributed by atoms with E-state index in [-0.39, 0.29) is 12.6 Å². The lowest BCUT2D eigenvalue weighted by Crippen LogP contribution is -2.17. The van der Waals surface area contributed by atoms with Crippen molar-refractivity contribution in [3.63, 3.8) is 0 Å². The van der Waals surface area contributed by atoms with Crippen molar-refractivity contribution in [3.05, 3.63) is 24.2 Å². The van der Waals surface area contributed by atoms with Crippen LogP contribution in [0.15, 0.2) is 18.5 Å². The van der Waals surface area contributed by atoms with Crippen molar-refractivity contribution in [2.75, 3.05) is 11.9 Å². The van der Waals surface area contributed by atoms with Gasteiger partial charge < -0.3 is 10.4 Å². The number of hydrogen-bond donors (Lipinski definition) is 2. The maximum absolute atomic E-state index is 8.80. The highest BCUT2D eigenvalue weighted by Gasteiger charge is 2.08. The molecule has 0 fully saturated rings. The molecule has 0 saturated carbocycles. The van der Waals surface area contributed by atoms with Crippen LogP contribution >= 0.6 is 0 Å². The zero-order chi connectivity index (χ0) is 12.3. The molecule has 0 spiro atoms. The lowest BCUT2D eigenvalue weighted by molar-refractivity contribution is 0.282. The number of aliphatic hydroxyl groups is 1. The number of anilines is 1. The SMILES string of the molecule is Cc1cc2c(NC(C)CCCO)nccn2n1. The van der Waals surface area contributed by atoms with E-state index >= 15 is 0 Å². The first-order valence-electron chi connectivity index (χ1n) is 5.89. The number of fused-ring (bicyclic) bond motifs is 1.